The number of carbonyl (C=O) groups excluding carboxylic acids is 2. The number of nitrogen functional groups attached to an aromatic ring is 1. The molecule has 2 aliphatic heterocycles. The van der Waals surface area contributed by atoms with Crippen molar-refractivity contribution >= 4 is 28.9 Å². The van der Waals surface area contributed by atoms with Gasteiger partial charge in [-0.25, -0.2) is 4.39 Å². The third kappa shape index (κ3) is 4.95. The summed E-state index contributed by atoms with van der Waals surface area (Å²) in [5.41, 5.74) is 8.87. The minimum Gasteiger partial charge on any atom is -0.397 e. The highest BCUT2D eigenvalue weighted by molar-refractivity contribution is 5.96. The van der Waals surface area contributed by atoms with E-state index in [2.05, 4.69) is 10.2 Å². The minimum atomic E-state index is -0.206. The Kier molecular flexibility index (Phi) is 6.78. The number of para-hydroxylation sites is 1. The molecule has 0 radical (unpaired) electrons. The van der Waals surface area contributed by atoms with E-state index in [1.807, 2.05) is 21.9 Å². The van der Waals surface area contributed by atoms with E-state index in [4.69, 9.17) is 5.73 Å². The van der Waals surface area contributed by atoms with Crippen molar-refractivity contribution in [2.45, 2.75) is 19.3 Å². The van der Waals surface area contributed by atoms with E-state index in [0.717, 1.165) is 38.2 Å². The molecule has 4 rings (SSSR count). The van der Waals surface area contributed by atoms with Crippen LogP contribution in [0.5, 0.6) is 0 Å². The Morgan fingerprint density at radius 1 is 1.00 bits per heavy atom. The van der Waals surface area contributed by atoms with Crippen molar-refractivity contribution in [1.82, 2.24) is 10.2 Å². The van der Waals surface area contributed by atoms with Gasteiger partial charge in [0.1, 0.15) is 5.82 Å². The van der Waals surface area contributed by atoms with Crippen LogP contribution >= 0.6 is 0 Å². The predicted molar refractivity (Wildman–Crippen MR) is 124 cm³/mol. The van der Waals surface area contributed by atoms with Crippen molar-refractivity contribution in [2.24, 2.45) is 0 Å². The maximum absolute atomic E-state index is 14.1. The van der Waals surface area contributed by atoms with Crippen LogP contribution in [-0.4, -0.2) is 62.5 Å². The summed E-state index contributed by atoms with van der Waals surface area (Å²) >= 11 is 0. The molecule has 0 unspecified atom stereocenters. The molecule has 2 aromatic carbocycles. The molecule has 0 aliphatic carbocycles. The van der Waals surface area contributed by atoms with Crippen molar-refractivity contribution in [2.75, 3.05) is 61.3 Å². The van der Waals surface area contributed by atoms with Crippen molar-refractivity contribution in [3.05, 3.63) is 53.8 Å². The molecule has 0 spiro atoms. The zero-order valence-corrected chi connectivity index (χ0v) is 18.2. The highest BCUT2D eigenvalue weighted by Gasteiger charge is 2.22. The van der Waals surface area contributed by atoms with Gasteiger partial charge in [-0.2, -0.15) is 0 Å². The van der Waals surface area contributed by atoms with Crippen LogP contribution in [0.1, 0.15) is 29.6 Å². The first-order valence-corrected chi connectivity index (χ1v) is 11.2. The highest BCUT2D eigenvalue weighted by Crippen LogP contribution is 2.27. The lowest BCUT2D eigenvalue weighted by Gasteiger charge is -2.38. The van der Waals surface area contributed by atoms with E-state index in [-0.39, 0.29) is 17.6 Å². The van der Waals surface area contributed by atoms with Crippen LogP contribution in [0.25, 0.3) is 0 Å². The first-order valence-electron chi connectivity index (χ1n) is 11.2. The van der Waals surface area contributed by atoms with Gasteiger partial charge in [0.15, 0.2) is 0 Å². The lowest BCUT2D eigenvalue weighted by molar-refractivity contribution is -0.127. The summed E-state index contributed by atoms with van der Waals surface area (Å²) in [6.45, 7) is 4.85. The number of nitrogens with zero attached hydrogens (tertiary/aromatic N) is 3. The van der Waals surface area contributed by atoms with E-state index in [1.165, 1.54) is 6.07 Å². The molecule has 0 saturated carbocycles. The van der Waals surface area contributed by atoms with E-state index in [0.29, 0.717) is 49.5 Å². The number of hydrogen-bond acceptors (Lipinski definition) is 5. The lowest BCUT2D eigenvalue weighted by atomic mass is 10.1. The van der Waals surface area contributed by atoms with Crippen LogP contribution in [0, 0.1) is 5.82 Å². The maximum Gasteiger partial charge on any atom is 0.251 e. The van der Waals surface area contributed by atoms with Crippen LogP contribution < -0.4 is 20.9 Å². The largest absolute Gasteiger partial charge is 0.397 e. The van der Waals surface area contributed by atoms with E-state index >= 15 is 0 Å². The summed E-state index contributed by atoms with van der Waals surface area (Å²) in [4.78, 5) is 30.2. The molecular weight excluding hydrogens is 409 g/mol. The standard InChI is InChI=1S/C24H30FN5O2/c25-19-5-1-2-6-21(19)28-13-15-29(16-14-28)22-9-8-18(17-20(22)26)24(32)27-10-4-12-30-11-3-7-23(30)31/h1-2,5-6,8-9,17H,3-4,7,10-16,26H2,(H,27,32). The van der Waals surface area contributed by atoms with Crippen LogP contribution in [0.3, 0.4) is 0 Å². The molecular formula is C24H30FN5O2. The number of hydrogen-bond donors (Lipinski definition) is 2. The third-order valence-corrected chi connectivity index (χ3v) is 6.16. The molecule has 0 aromatic heterocycles. The molecule has 2 fully saturated rings. The van der Waals surface area contributed by atoms with Gasteiger partial charge in [-0.3, -0.25) is 9.59 Å². The SMILES string of the molecule is Nc1cc(C(=O)NCCCN2CCCC2=O)ccc1N1CCN(c2ccccc2F)CC1. The van der Waals surface area contributed by atoms with Gasteiger partial charge in [0.25, 0.3) is 5.91 Å². The minimum absolute atomic E-state index is 0.166. The van der Waals surface area contributed by atoms with Gasteiger partial charge in [-0.05, 0) is 43.2 Å². The fourth-order valence-electron chi connectivity index (χ4n) is 4.39. The second-order valence-electron chi connectivity index (χ2n) is 8.29. The Labute approximate surface area is 188 Å². The number of nitrogens with one attached hydrogen (secondary N) is 1. The highest BCUT2D eigenvalue weighted by atomic mass is 19.1. The molecule has 3 N–H and O–H groups in total. The monoisotopic (exact) mass is 439 g/mol. The smallest absolute Gasteiger partial charge is 0.251 e. The number of rotatable bonds is 7. The number of piperazine rings is 1. The molecule has 2 saturated heterocycles. The summed E-state index contributed by atoms with van der Waals surface area (Å²) in [6, 6.07) is 12.2. The van der Waals surface area contributed by atoms with E-state index in [1.54, 1.807) is 24.3 Å². The zero-order chi connectivity index (χ0) is 22.5. The number of nitrogens with two attached hydrogens (primary N) is 1. The van der Waals surface area contributed by atoms with Crippen molar-refractivity contribution in [3.8, 4) is 0 Å². The van der Waals surface area contributed by atoms with Gasteiger partial charge in [-0.1, -0.05) is 12.1 Å². The first kappa shape index (κ1) is 21.9. The van der Waals surface area contributed by atoms with Crippen LogP contribution in [0.15, 0.2) is 42.5 Å². The van der Waals surface area contributed by atoms with Crippen molar-refractivity contribution < 1.29 is 14.0 Å². The molecule has 2 aromatic rings. The van der Waals surface area contributed by atoms with Gasteiger partial charge in [0.05, 0.1) is 17.1 Å². The first-order chi connectivity index (χ1) is 15.5. The van der Waals surface area contributed by atoms with Gasteiger partial charge in [0, 0.05) is 57.8 Å². The average molecular weight is 440 g/mol. The Balaban J connectivity index is 1.28. The Morgan fingerprint density at radius 3 is 2.38 bits per heavy atom. The van der Waals surface area contributed by atoms with E-state index in [9.17, 15) is 14.0 Å². The number of likely N-dealkylation sites (tertiary alicyclic amines) is 1. The summed E-state index contributed by atoms with van der Waals surface area (Å²) in [7, 11) is 0. The van der Waals surface area contributed by atoms with Crippen LogP contribution in [0.2, 0.25) is 0 Å². The van der Waals surface area contributed by atoms with Gasteiger partial charge in [-0.15, -0.1) is 0 Å². The molecule has 2 heterocycles. The zero-order valence-electron chi connectivity index (χ0n) is 18.2. The molecule has 32 heavy (non-hydrogen) atoms. The normalized spacial score (nSPS) is 16.5. The van der Waals surface area contributed by atoms with Crippen LogP contribution in [-0.2, 0) is 4.79 Å². The summed E-state index contributed by atoms with van der Waals surface area (Å²) in [6.07, 6.45) is 2.29. The average Bonchev–Trinajstić information content (AvgIpc) is 3.21. The number of benzene rings is 2. The number of amides is 2. The summed E-state index contributed by atoms with van der Waals surface area (Å²) in [5.74, 6) is -0.169. The fourth-order valence-corrected chi connectivity index (χ4v) is 4.39. The topological polar surface area (TPSA) is 81.9 Å². The molecule has 0 bridgehead atoms. The maximum atomic E-state index is 14.1. The number of halogens is 1. The third-order valence-electron chi connectivity index (χ3n) is 6.16. The van der Waals surface area contributed by atoms with E-state index < -0.39 is 0 Å². The lowest BCUT2D eigenvalue weighted by Crippen LogP contribution is -2.47. The number of carbonyl (C=O) groups is 2. The molecule has 8 heteroatoms. The predicted octanol–water partition coefficient (Wildman–Crippen LogP) is 2.48. The number of anilines is 3. The van der Waals surface area contributed by atoms with Gasteiger partial charge in [0.2, 0.25) is 5.91 Å². The van der Waals surface area contributed by atoms with Crippen LogP contribution in [0.4, 0.5) is 21.5 Å². The quantitative estimate of drug-likeness (QED) is 0.512. The second-order valence-corrected chi connectivity index (χ2v) is 8.29. The van der Waals surface area contributed by atoms with Crippen molar-refractivity contribution in [1.29, 1.82) is 0 Å². The van der Waals surface area contributed by atoms with Gasteiger partial charge < -0.3 is 25.8 Å². The Morgan fingerprint density at radius 2 is 1.72 bits per heavy atom. The summed E-state index contributed by atoms with van der Waals surface area (Å²) < 4.78 is 14.1. The van der Waals surface area contributed by atoms with Crippen molar-refractivity contribution in [3.63, 3.8) is 0 Å². The Bertz CT molecular complexity index is 975. The molecule has 7 nitrogen and oxygen atoms in total. The second kappa shape index (κ2) is 9.89. The molecule has 2 amide bonds. The Hall–Kier alpha value is -3.29. The summed E-state index contributed by atoms with van der Waals surface area (Å²) in [5, 5.41) is 2.90. The molecule has 0 atom stereocenters. The van der Waals surface area contributed by atoms with Gasteiger partial charge >= 0.3 is 0 Å². The molecule has 170 valence electrons. The fraction of sp³-hybridized carbons (Fsp3) is 0.417. The molecule has 2 aliphatic rings.